The molecule has 0 aromatic rings. The summed E-state index contributed by atoms with van der Waals surface area (Å²) in [6, 6.07) is 0. The van der Waals surface area contributed by atoms with Crippen molar-refractivity contribution in [3.05, 3.63) is 43.0 Å². The van der Waals surface area contributed by atoms with Gasteiger partial charge in [-0.15, -0.1) is 0 Å². The van der Waals surface area contributed by atoms with Gasteiger partial charge in [-0.2, -0.15) is 0 Å². The minimum atomic E-state index is -0.312. The largest absolute Gasteiger partial charge is 1.00 e. The van der Waals surface area contributed by atoms with Crippen LogP contribution < -0.4 is 24.8 Å². The number of hydrogen-bond donors (Lipinski definition) is 0. The molecule has 0 amide bonds. The Labute approximate surface area is 126 Å². The van der Waals surface area contributed by atoms with E-state index in [0.29, 0.717) is 9.52 Å². The molecule has 4 heteroatoms. The van der Waals surface area contributed by atoms with Crippen molar-refractivity contribution in [3.63, 3.8) is 0 Å². The Morgan fingerprint density at radius 3 is 1.56 bits per heavy atom. The summed E-state index contributed by atoms with van der Waals surface area (Å²) in [4.78, 5) is 0. The van der Waals surface area contributed by atoms with Crippen LogP contribution in [0.4, 0.5) is 0 Å². The molecule has 0 N–H and O–H groups in total. The van der Waals surface area contributed by atoms with E-state index < -0.39 is 0 Å². The Bertz CT molecular complexity index is 265. The third-order valence-electron chi connectivity index (χ3n) is 1.86. The summed E-state index contributed by atoms with van der Waals surface area (Å²) < 4.78 is 3.45. The van der Waals surface area contributed by atoms with Gasteiger partial charge in [-0.05, 0) is 0 Å². The maximum atomic E-state index is 2.31. The van der Waals surface area contributed by atoms with Crippen LogP contribution in [0.3, 0.4) is 0 Å². The summed E-state index contributed by atoms with van der Waals surface area (Å²) in [6.45, 7) is 4.53. The summed E-state index contributed by atoms with van der Waals surface area (Å²) in [7, 11) is 0.417. The fourth-order valence-corrected chi connectivity index (χ4v) is 4.26. The predicted molar refractivity (Wildman–Crippen MR) is 64.0 cm³/mol. The van der Waals surface area contributed by atoms with Crippen LogP contribution in [0.5, 0.6) is 0 Å². The maximum absolute atomic E-state index is 2.31. The first kappa shape index (κ1) is 19.0. The second-order valence-corrected chi connectivity index (χ2v) is 8.67. The van der Waals surface area contributed by atoms with Crippen molar-refractivity contribution in [3.8, 4) is 0 Å². The van der Waals surface area contributed by atoms with E-state index in [1.165, 1.54) is 12.8 Å². The third kappa shape index (κ3) is 7.84. The molecule has 0 aromatic heterocycles. The summed E-state index contributed by atoms with van der Waals surface area (Å²) in [6.07, 6.45) is 16.0. The van der Waals surface area contributed by atoms with Crippen LogP contribution in [-0.4, -0.2) is 9.52 Å². The number of allylic oxidation sites excluding steroid dienone is 8. The minimum Gasteiger partial charge on any atom is -1.00 e. The van der Waals surface area contributed by atoms with Crippen LogP contribution in [0, 0.1) is 0 Å². The molecule has 0 fully saturated rings. The van der Waals surface area contributed by atoms with Gasteiger partial charge >= 0.3 is 79.1 Å². The van der Waals surface area contributed by atoms with Crippen molar-refractivity contribution in [2.24, 2.45) is 0 Å². The molecule has 0 spiro atoms. The molecule has 0 nitrogen and oxygen atoms in total. The minimum absolute atomic E-state index is 0. The Kier molecular flexibility index (Phi) is 14.4. The summed E-state index contributed by atoms with van der Waals surface area (Å²) in [5.74, 6) is 0. The first-order chi connectivity index (χ1) is 6.86. The van der Waals surface area contributed by atoms with E-state index in [-0.39, 0.29) is 48.0 Å². The van der Waals surface area contributed by atoms with E-state index in [9.17, 15) is 0 Å². The van der Waals surface area contributed by atoms with Crippen LogP contribution >= 0.6 is 0 Å². The molecule has 0 atom stereocenters. The van der Waals surface area contributed by atoms with Gasteiger partial charge in [0.25, 0.3) is 0 Å². The molecule has 0 aromatic carbocycles. The van der Waals surface area contributed by atoms with Gasteiger partial charge in [-0.1, -0.05) is 13.1 Å². The molecule has 0 saturated carbocycles. The zero-order valence-corrected chi connectivity index (χ0v) is 15.2. The molecule has 0 bridgehead atoms. The number of halogens is 2. The van der Waals surface area contributed by atoms with Gasteiger partial charge in [0, 0.05) is 9.52 Å². The smallest absolute Gasteiger partial charge is 0.0135 e. The van der Waals surface area contributed by atoms with E-state index in [1.807, 2.05) is 0 Å². The van der Waals surface area contributed by atoms with E-state index >= 15 is 0 Å². The molecule has 0 unspecified atom stereocenters. The SMILES string of the molecule is C1=CC[C]([Zr+2][C]2=CC=CC2)=C1.C[SiH2]C.[Cl-].[Cl-]. The fourth-order valence-electron chi connectivity index (χ4n) is 1.29. The normalized spacial score (nSPS) is 14.9. The Morgan fingerprint density at radius 2 is 1.31 bits per heavy atom. The van der Waals surface area contributed by atoms with E-state index in [4.69, 9.17) is 0 Å². The Balaban J connectivity index is 0. The van der Waals surface area contributed by atoms with Gasteiger partial charge in [0.1, 0.15) is 0 Å². The van der Waals surface area contributed by atoms with Crippen LogP contribution in [0.2, 0.25) is 13.1 Å². The molecular weight excluding hydrogens is 334 g/mol. The molecule has 0 heterocycles. The summed E-state index contributed by atoms with van der Waals surface area (Å²) >= 11 is -0.312. The van der Waals surface area contributed by atoms with Gasteiger partial charge < -0.3 is 24.8 Å². The Hall–Kier alpha value is 0.640. The average Bonchev–Trinajstić information content (AvgIpc) is 2.79. The van der Waals surface area contributed by atoms with Gasteiger partial charge in [0.2, 0.25) is 0 Å². The second-order valence-electron chi connectivity index (χ2n) is 3.48. The zero-order valence-electron chi connectivity index (χ0n) is 9.84. The van der Waals surface area contributed by atoms with Crippen molar-refractivity contribution in [1.82, 2.24) is 0 Å². The van der Waals surface area contributed by atoms with Crippen LogP contribution in [0.25, 0.3) is 0 Å². The summed E-state index contributed by atoms with van der Waals surface area (Å²) in [5.41, 5.74) is 0. The molecule has 0 aliphatic heterocycles. The van der Waals surface area contributed by atoms with Gasteiger partial charge in [-0.25, -0.2) is 0 Å². The molecule has 2 rings (SSSR count). The molecule has 16 heavy (non-hydrogen) atoms. The first-order valence-electron chi connectivity index (χ1n) is 5.35. The standard InChI is InChI=1S/2C5H5.C2H8Si.2ClH.Zr/c2*1-2-4-5-3-1;1-3-2;;;/h2*1-3H,4H2;3H2,1-2H3;2*1H;/q;;;;;+2/p-2. The second kappa shape index (κ2) is 12.1. The first-order valence-corrected chi connectivity index (χ1v) is 10.6. The number of rotatable bonds is 2. The van der Waals surface area contributed by atoms with Crippen LogP contribution in [0.15, 0.2) is 43.0 Å². The number of hydrogen-bond acceptors (Lipinski definition) is 0. The van der Waals surface area contributed by atoms with Crippen molar-refractivity contribution in [2.45, 2.75) is 25.9 Å². The molecule has 2 aliphatic carbocycles. The van der Waals surface area contributed by atoms with Crippen molar-refractivity contribution in [2.75, 3.05) is 0 Å². The van der Waals surface area contributed by atoms with Gasteiger partial charge in [0.05, 0.1) is 0 Å². The maximum Gasteiger partial charge on any atom is 0.0135 e. The fraction of sp³-hybridized carbons (Fsp3) is 0.333. The molecule has 0 radical (unpaired) electrons. The molecule has 0 saturated heterocycles. The van der Waals surface area contributed by atoms with Gasteiger partial charge in [0.15, 0.2) is 0 Å². The van der Waals surface area contributed by atoms with E-state index in [1.54, 1.807) is 6.56 Å². The third-order valence-corrected chi connectivity index (χ3v) is 5.27. The van der Waals surface area contributed by atoms with Crippen LogP contribution in [-0.2, 0) is 23.2 Å². The van der Waals surface area contributed by atoms with Crippen molar-refractivity contribution < 1.29 is 48.0 Å². The molecule has 88 valence electrons. The topological polar surface area (TPSA) is 0 Å². The molecular formula is C12H18Cl2SiZr. The average molecular weight is 352 g/mol. The molecule has 2 aliphatic rings. The van der Waals surface area contributed by atoms with Crippen molar-refractivity contribution >= 4 is 9.52 Å². The van der Waals surface area contributed by atoms with E-state index in [0.717, 1.165) is 0 Å². The van der Waals surface area contributed by atoms with Crippen LogP contribution in [0.1, 0.15) is 12.8 Å². The van der Waals surface area contributed by atoms with Gasteiger partial charge in [-0.3, -0.25) is 0 Å². The summed E-state index contributed by atoms with van der Waals surface area (Å²) in [5, 5.41) is 0. The zero-order chi connectivity index (χ0) is 10.2. The Morgan fingerprint density at radius 1 is 0.938 bits per heavy atom. The van der Waals surface area contributed by atoms with E-state index in [2.05, 4.69) is 49.6 Å². The van der Waals surface area contributed by atoms with Crippen molar-refractivity contribution in [1.29, 1.82) is 0 Å². The monoisotopic (exact) mass is 350 g/mol. The predicted octanol–water partition coefficient (Wildman–Crippen LogP) is -2.98. The quantitative estimate of drug-likeness (QED) is 0.465.